The predicted molar refractivity (Wildman–Crippen MR) is 51.1 cm³/mol. The average molecular weight is 185 g/mol. The van der Waals surface area contributed by atoms with Crippen molar-refractivity contribution in [2.24, 2.45) is 0 Å². The van der Waals surface area contributed by atoms with Crippen LogP contribution in [0.25, 0.3) is 0 Å². The smallest absolute Gasteiger partial charge is 0.163 e. The van der Waals surface area contributed by atoms with E-state index in [0.717, 1.165) is 18.6 Å². The molecule has 1 heterocycles. The minimum Gasteiger partial charge on any atom is -0.357 e. The van der Waals surface area contributed by atoms with Gasteiger partial charge in [0.25, 0.3) is 0 Å². The maximum absolute atomic E-state index is 9.00. The van der Waals surface area contributed by atoms with Gasteiger partial charge in [-0.1, -0.05) is 0 Å². The molecule has 68 valence electrons. The van der Waals surface area contributed by atoms with Gasteiger partial charge in [-0.05, 0) is 32.4 Å². The molecule has 1 aliphatic heterocycles. The maximum Gasteiger partial charge on any atom is 0.163 e. The zero-order valence-corrected chi connectivity index (χ0v) is 8.49. The minimum atomic E-state index is -0.489. The summed E-state index contributed by atoms with van der Waals surface area (Å²) in [5, 5.41) is 9.00. The largest absolute Gasteiger partial charge is 0.357 e. The molecule has 0 aromatic rings. The first-order valence-corrected chi connectivity index (χ1v) is 5.51. The van der Waals surface area contributed by atoms with Crippen LogP contribution in [0.5, 0.6) is 0 Å². The van der Waals surface area contributed by atoms with Crippen LogP contribution in [0.2, 0.25) is 0 Å². The van der Waals surface area contributed by atoms with Crippen molar-refractivity contribution in [3.05, 3.63) is 0 Å². The van der Waals surface area contributed by atoms with Gasteiger partial charge in [-0.15, -0.1) is 0 Å². The lowest BCUT2D eigenvalue weighted by atomic mass is 10.0. The van der Waals surface area contributed by atoms with E-state index in [0.29, 0.717) is 0 Å². The molecular formula is C9H15NOS. The normalized spacial score (nSPS) is 30.2. The van der Waals surface area contributed by atoms with E-state index < -0.39 is 5.60 Å². The van der Waals surface area contributed by atoms with Crippen molar-refractivity contribution in [2.45, 2.75) is 38.4 Å². The van der Waals surface area contributed by atoms with Crippen LogP contribution >= 0.6 is 11.8 Å². The summed E-state index contributed by atoms with van der Waals surface area (Å²) in [6.07, 6.45) is 2.16. The number of nitriles is 1. The van der Waals surface area contributed by atoms with E-state index >= 15 is 0 Å². The van der Waals surface area contributed by atoms with E-state index in [-0.39, 0.29) is 6.10 Å². The Morgan fingerprint density at radius 2 is 2.33 bits per heavy atom. The highest BCUT2D eigenvalue weighted by molar-refractivity contribution is 7.99. The fraction of sp³-hybridized carbons (Fsp3) is 0.889. The lowest BCUT2D eigenvalue weighted by Gasteiger charge is -2.31. The summed E-state index contributed by atoms with van der Waals surface area (Å²) >= 11 is 1.82. The lowest BCUT2D eigenvalue weighted by molar-refractivity contribution is -0.0332. The van der Waals surface area contributed by atoms with Crippen molar-refractivity contribution in [1.29, 1.82) is 5.26 Å². The third-order valence-corrected chi connectivity index (χ3v) is 3.12. The lowest BCUT2D eigenvalue weighted by Crippen LogP contribution is -2.38. The van der Waals surface area contributed by atoms with Gasteiger partial charge in [0.1, 0.15) is 0 Å². The van der Waals surface area contributed by atoms with E-state index in [2.05, 4.69) is 6.07 Å². The summed E-state index contributed by atoms with van der Waals surface area (Å²) in [7, 11) is 0. The maximum atomic E-state index is 9.00. The van der Waals surface area contributed by atoms with Gasteiger partial charge >= 0.3 is 0 Å². The molecule has 1 rings (SSSR count). The predicted octanol–water partition coefficient (Wildman–Crippen LogP) is 2.20. The Morgan fingerprint density at radius 1 is 1.58 bits per heavy atom. The molecule has 1 saturated heterocycles. The first-order chi connectivity index (χ1) is 5.68. The van der Waals surface area contributed by atoms with Gasteiger partial charge in [-0.25, -0.2) is 0 Å². The van der Waals surface area contributed by atoms with Crippen LogP contribution in [0.4, 0.5) is 0 Å². The Labute approximate surface area is 78.3 Å². The van der Waals surface area contributed by atoms with E-state index in [9.17, 15) is 0 Å². The number of ether oxygens (including phenoxy) is 1. The Hall–Kier alpha value is -0.200. The third-order valence-electron chi connectivity index (χ3n) is 1.87. The number of hydrogen-bond donors (Lipinski definition) is 0. The first-order valence-electron chi connectivity index (χ1n) is 4.35. The zero-order chi connectivity index (χ0) is 9.03. The summed E-state index contributed by atoms with van der Waals surface area (Å²) in [4.78, 5) is 0. The van der Waals surface area contributed by atoms with Gasteiger partial charge in [0.2, 0.25) is 0 Å². The van der Waals surface area contributed by atoms with E-state index in [4.69, 9.17) is 10.00 Å². The van der Waals surface area contributed by atoms with E-state index in [1.165, 1.54) is 5.75 Å². The van der Waals surface area contributed by atoms with Crippen LogP contribution in [0.1, 0.15) is 26.7 Å². The Kier molecular flexibility index (Phi) is 3.42. The highest BCUT2D eigenvalue weighted by atomic mass is 32.2. The van der Waals surface area contributed by atoms with Gasteiger partial charge < -0.3 is 4.74 Å². The van der Waals surface area contributed by atoms with Gasteiger partial charge in [0.05, 0.1) is 12.2 Å². The zero-order valence-electron chi connectivity index (χ0n) is 7.67. The monoisotopic (exact) mass is 185 g/mol. The number of nitrogens with zero attached hydrogens (tertiary/aromatic N) is 1. The highest BCUT2D eigenvalue weighted by Gasteiger charge is 2.34. The molecular weight excluding hydrogens is 170 g/mol. The molecule has 0 N–H and O–H groups in total. The molecule has 1 fully saturated rings. The quantitative estimate of drug-likeness (QED) is 0.661. The van der Waals surface area contributed by atoms with Gasteiger partial charge in [0.15, 0.2) is 5.60 Å². The molecule has 0 saturated carbocycles. The SMILES string of the molecule is CC(C)OC1(C#N)CCCSC1. The minimum absolute atomic E-state index is 0.156. The van der Waals surface area contributed by atoms with Crippen LogP contribution in [0.3, 0.4) is 0 Å². The summed E-state index contributed by atoms with van der Waals surface area (Å²) in [5.41, 5.74) is -0.489. The van der Waals surface area contributed by atoms with Crippen LogP contribution in [-0.4, -0.2) is 23.2 Å². The summed E-state index contributed by atoms with van der Waals surface area (Å²) in [6.45, 7) is 3.97. The second kappa shape index (κ2) is 4.15. The number of hydrogen-bond acceptors (Lipinski definition) is 3. The topological polar surface area (TPSA) is 33.0 Å². The van der Waals surface area contributed by atoms with Crippen LogP contribution in [0.15, 0.2) is 0 Å². The summed E-state index contributed by atoms with van der Waals surface area (Å²) < 4.78 is 5.65. The van der Waals surface area contributed by atoms with Crippen molar-refractivity contribution >= 4 is 11.8 Å². The molecule has 3 heteroatoms. The fourth-order valence-electron chi connectivity index (χ4n) is 1.43. The highest BCUT2D eigenvalue weighted by Crippen LogP contribution is 2.30. The van der Waals surface area contributed by atoms with Crippen molar-refractivity contribution < 1.29 is 4.74 Å². The van der Waals surface area contributed by atoms with Crippen LogP contribution < -0.4 is 0 Å². The molecule has 12 heavy (non-hydrogen) atoms. The van der Waals surface area contributed by atoms with Crippen LogP contribution in [-0.2, 0) is 4.74 Å². The Balaban J connectivity index is 2.55. The van der Waals surface area contributed by atoms with Crippen LogP contribution in [0, 0.1) is 11.3 Å². The molecule has 0 radical (unpaired) electrons. The number of rotatable bonds is 2. The van der Waals surface area contributed by atoms with E-state index in [1.54, 1.807) is 0 Å². The van der Waals surface area contributed by atoms with Gasteiger partial charge in [-0.3, -0.25) is 0 Å². The fourth-order valence-corrected chi connectivity index (χ4v) is 2.53. The summed E-state index contributed by atoms with van der Waals surface area (Å²) in [5.74, 6) is 2.01. The molecule has 0 aliphatic carbocycles. The van der Waals surface area contributed by atoms with Gasteiger partial charge in [0, 0.05) is 5.75 Å². The molecule has 2 nitrogen and oxygen atoms in total. The molecule has 0 spiro atoms. The second-order valence-electron chi connectivity index (χ2n) is 3.43. The van der Waals surface area contributed by atoms with Crippen molar-refractivity contribution in [3.8, 4) is 6.07 Å². The third kappa shape index (κ3) is 2.40. The molecule has 0 aromatic heterocycles. The average Bonchev–Trinajstić information content (AvgIpc) is 2.05. The van der Waals surface area contributed by atoms with Crippen molar-refractivity contribution in [2.75, 3.05) is 11.5 Å². The van der Waals surface area contributed by atoms with Crippen molar-refractivity contribution in [1.82, 2.24) is 0 Å². The molecule has 1 aliphatic rings. The van der Waals surface area contributed by atoms with Gasteiger partial charge in [-0.2, -0.15) is 17.0 Å². The van der Waals surface area contributed by atoms with E-state index in [1.807, 2.05) is 25.6 Å². The molecule has 1 unspecified atom stereocenters. The molecule has 1 atom stereocenters. The second-order valence-corrected chi connectivity index (χ2v) is 4.53. The molecule has 0 amide bonds. The Morgan fingerprint density at radius 3 is 2.75 bits per heavy atom. The molecule has 0 aromatic carbocycles. The summed E-state index contributed by atoms with van der Waals surface area (Å²) in [6, 6.07) is 2.31. The number of thioether (sulfide) groups is 1. The standard InChI is InChI=1S/C9H15NOS/c1-8(2)11-9(6-10)4-3-5-12-7-9/h8H,3-5,7H2,1-2H3. The Bertz CT molecular complexity index is 179. The molecule has 0 bridgehead atoms. The first kappa shape index (κ1) is 9.88. The van der Waals surface area contributed by atoms with Crippen molar-refractivity contribution in [3.63, 3.8) is 0 Å².